The molecule has 0 aromatic carbocycles. The van der Waals surface area contributed by atoms with Gasteiger partial charge in [0.15, 0.2) is 0 Å². The van der Waals surface area contributed by atoms with Gasteiger partial charge in [-0.25, -0.2) is 4.79 Å². The maximum atomic E-state index is 11.7. The molecule has 5 heteroatoms. The molecule has 1 rings (SSSR count). The maximum absolute atomic E-state index is 11.7. The molecule has 16 heavy (non-hydrogen) atoms. The standard InChI is InChI=1S/C11H15NO3S/c1-3-4-7(2)12-10(13)8-5-6-9(16-8)11(14)15/h5-7H,3-4H2,1-2H3,(H,12,13)(H,14,15). The van der Waals surface area contributed by atoms with Gasteiger partial charge < -0.3 is 10.4 Å². The molecule has 0 aliphatic rings. The van der Waals surface area contributed by atoms with Crippen molar-refractivity contribution in [3.63, 3.8) is 0 Å². The summed E-state index contributed by atoms with van der Waals surface area (Å²) in [5, 5.41) is 11.6. The van der Waals surface area contributed by atoms with Crippen molar-refractivity contribution in [2.24, 2.45) is 0 Å². The summed E-state index contributed by atoms with van der Waals surface area (Å²) < 4.78 is 0. The molecule has 0 aliphatic heterocycles. The molecule has 1 unspecified atom stereocenters. The average molecular weight is 241 g/mol. The summed E-state index contributed by atoms with van der Waals surface area (Å²) in [6.07, 6.45) is 1.93. The molecule has 2 N–H and O–H groups in total. The molecule has 0 radical (unpaired) electrons. The van der Waals surface area contributed by atoms with E-state index in [0.717, 1.165) is 24.2 Å². The molecule has 1 aromatic rings. The van der Waals surface area contributed by atoms with Crippen molar-refractivity contribution < 1.29 is 14.7 Å². The molecular weight excluding hydrogens is 226 g/mol. The molecule has 0 spiro atoms. The van der Waals surface area contributed by atoms with Crippen LogP contribution in [0.5, 0.6) is 0 Å². The smallest absolute Gasteiger partial charge is 0.345 e. The Balaban J connectivity index is 2.62. The van der Waals surface area contributed by atoms with Gasteiger partial charge >= 0.3 is 5.97 Å². The van der Waals surface area contributed by atoms with E-state index in [4.69, 9.17) is 5.11 Å². The number of hydrogen-bond acceptors (Lipinski definition) is 3. The van der Waals surface area contributed by atoms with Crippen LogP contribution >= 0.6 is 11.3 Å². The van der Waals surface area contributed by atoms with Crippen molar-refractivity contribution in [1.29, 1.82) is 0 Å². The third kappa shape index (κ3) is 3.34. The third-order valence-electron chi connectivity index (χ3n) is 2.14. The second kappa shape index (κ2) is 5.65. The first-order valence-electron chi connectivity index (χ1n) is 5.18. The Hall–Kier alpha value is -1.36. The Labute approximate surface area is 98.3 Å². The number of thiophene rings is 1. The van der Waals surface area contributed by atoms with Crippen LogP contribution in [0.25, 0.3) is 0 Å². The van der Waals surface area contributed by atoms with Crippen LogP contribution in [0, 0.1) is 0 Å². The fourth-order valence-corrected chi connectivity index (χ4v) is 2.12. The van der Waals surface area contributed by atoms with E-state index in [0.29, 0.717) is 4.88 Å². The van der Waals surface area contributed by atoms with Crippen LogP contribution in [0.2, 0.25) is 0 Å². The Morgan fingerprint density at radius 3 is 2.56 bits per heavy atom. The van der Waals surface area contributed by atoms with E-state index in [1.807, 2.05) is 6.92 Å². The van der Waals surface area contributed by atoms with Crippen molar-refractivity contribution in [1.82, 2.24) is 5.32 Å². The van der Waals surface area contributed by atoms with E-state index < -0.39 is 5.97 Å². The predicted molar refractivity (Wildman–Crippen MR) is 63.1 cm³/mol. The molecule has 1 heterocycles. The second-order valence-corrected chi connectivity index (χ2v) is 4.72. The van der Waals surface area contributed by atoms with Crippen LogP contribution in [-0.2, 0) is 0 Å². The van der Waals surface area contributed by atoms with Crippen molar-refractivity contribution in [3.05, 3.63) is 21.9 Å². The Morgan fingerprint density at radius 2 is 2.06 bits per heavy atom. The molecule has 0 fully saturated rings. The third-order valence-corrected chi connectivity index (χ3v) is 3.21. The SMILES string of the molecule is CCCC(C)NC(=O)c1ccc(C(=O)O)s1. The van der Waals surface area contributed by atoms with Gasteiger partial charge in [0.25, 0.3) is 5.91 Å². The van der Waals surface area contributed by atoms with E-state index in [1.54, 1.807) is 6.07 Å². The highest BCUT2D eigenvalue weighted by atomic mass is 32.1. The maximum Gasteiger partial charge on any atom is 0.345 e. The van der Waals surface area contributed by atoms with Crippen molar-refractivity contribution >= 4 is 23.2 Å². The van der Waals surface area contributed by atoms with Gasteiger partial charge in [0.05, 0.1) is 4.88 Å². The van der Waals surface area contributed by atoms with Gasteiger partial charge in [-0.1, -0.05) is 13.3 Å². The minimum atomic E-state index is -0.995. The van der Waals surface area contributed by atoms with E-state index in [9.17, 15) is 9.59 Å². The highest BCUT2D eigenvalue weighted by molar-refractivity contribution is 7.15. The normalized spacial score (nSPS) is 12.1. The zero-order chi connectivity index (χ0) is 12.1. The van der Waals surface area contributed by atoms with Crippen LogP contribution in [-0.4, -0.2) is 23.0 Å². The summed E-state index contributed by atoms with van der Waals surface area (Å²) in [7, 11) is 0. The monoisotopic (exact) mass is 241 g/mol. The lowest BCUT2D eigenvalue weighted by atomic mass is 10.2. The first-order valence-corrected chi connectivity index (χ1v) is 6.00. The van der Waals surface area contributed by atoms with Gasteiger partial charge in [0.1, 0.15) is 4.88 Å². The van der Waals surface area contributed by atoms with Gasteiger partial charge in [-0.05, 0) is 25.5 Å². The number of carbonyl (C=O) groups is 2. The Kier molecular flexibility index (Phi) is 4.49. The van der Waals surface area contributed by atoms with E-state index >= 15 is 0 Å². The number of aromatic carboxylic acids is 1. The molecule has 0 saturated carbocycles. The van der Waals surface area contributed by atoms with Gasteiger partial charge in [-0.3, -0.25) is 4.79 Å². The zero-order valence-corrected chi connectivity index (χ0v) is 10.1. The van der Waals surface area contributed by atoms with E-state index in [1.165, 1.54) is 6.07 Å². The molecule has 0 aliphatic carbocycles. The summed E-state index contributed by atoms with van der Waals surface area (Å²) in [5.41, 5.74) is 0. The van der Waals surface area contributed by atoms with Crippen LogP contribution in [0.1, 0.15) is 46.0 Å². The van der Waals surface area contributed by atoms with Crippen molar-refractivity contribution in [2.45, 2.75) is 32.7 Å². The summed E-state index contributed by atoms with van der Waals surface area (Å²) in [4.78, 5) is 22.9. The molecule has 1 aromatic heterocycles. The number of nitrogens with one attached hydrogen (secondary N) is 1. The van der Waals surface area contributed by atoms with Crippen LogP contribution < -0.4 is 5.32 Å². The highest BCUT2D eigenvalue weighted by Crippen LogP contribution is 2.16. The molecular formula is C11H15NO3S. The second-order valence-electron chi connectivity index (χ2n) is 3.63. The molecule has 1 amide bonds. The summed E-state index contributed by atoms with van der Waals surface area (Å²) in [6, 6.07) is 3.11. The highest BCUT2D eigenvalue weighted by Gasteiger charge is 2.14. The van der Waals surface area contributed by atoms with Gasteiger partial charge in [0.2, 0.25) is 0 Å². The zero-order valence-electron chi connectivity index (χ0n) is 9.32. The van der Waals surface area contributed by atoms with Crippen LogP contribution in [0.4, 0.5) is 0 Å². The predicted octanol–water partition coefficient (Wildman–Crippen LogP) is 2.36. The average Bonchev–Trinajstić information content (AvgIpc) is 2.66. The minimum Gasteiger partial charge on any atom is -0.477 e. The number of amides is 1. The molecule has 4 nitrogen and oxygen atoms in total. The van der Waals surface area contributed by atoms with E-state index in [2.05, 4.69) is 12.2 Å². The Morgan fingerprint density at radius 1 is 1.44 bits per heavy atom. The van der Waals surface area contributed by atoms with Crippen molar-refractivity contribution in [2.75, 3.05) is 0 Å². The van der Waals surface area contributed by atoms with Crippen LogP contribution in [0.3, 0.4) is 0 Å². The number of carboxylic acids is 1. The largest absolute Gasteiger partial charge is 0.477 e. The quantitative estimate of drug-likeness (QED) is 0.831. The number of carboxylic acid groups (broad SMARTS) is 1. The number of carbonyl (C=O) groups excluding carboxylic acids is 1. The summed E-state index contributed by atoms with van der Waals surface area (Å²) in [5.74, 6) is -1.19. The first kappa shape index (κ1) is 12.7. The summed E-state index contributed by atoms with van der Waals surface area (Å²) in [6.45, 7) is 3.99. The molecule has 0 bridgehead atoms. The van der Waals surface area contributed by atoms with Gasteiger partial charge in [-0.15, -0.1) is 11.3 Å². The topological polar surface area (TPSA) is 66.4 Å². The number of hydrogen-bond donors (Lipinski definition) is 2. The van der Waals surface area contributed by atoms with Gasteiger partial charge in [0, 0.05) is 6.04 Å². The lowest BCUT2D eigenvalue weighted by molar-refractivity contribution is 0.0702. The van der Waals surface area contributed by atoms with E-state index in [-0.39, 0.29) is 16.8 Å². The lowest BCUT2D eigenvalue weighted by Gasteiger charge is -2.11. The lowest BCUT2D eigenvalue weighted by Crippen LogP contribution is -2.31. The van der Waals surface area contributed by atoms with Crippen LogP contribution in [0.15, 0.2) is 12.1 Å². The molecule has 0 saturated heterocycles. The fourth-order valence-electron chi connectivity index (χ4n) is 1.37. The summed E-state index contributed by atoms with van der Waals surface area (Å²) >= 11 is 0.998. The molecule has 1 atom stereocenters. The van der Waals surface area contributed by atoms with Crippen molar-refractivity contribution in [3.8, 4) is 0 Å². The first-order chi connectivity index (χ1) is 7.54. The number of rotatable bonds is 5. The Bertz CT molecular complexity index is 386. The molecule has 88 valence electrons. The minimum absolute atomic E-state index is 0.118. The fraction of sp³-hybridized carbons (Fsp3) is 0.455. The van der Waals surface area contributed by atoms with Gasteiger partial charge in [-0.2, -0.15) is 0 Å².